The fourth-order valence-electron chi connectivity index (χ4n) is 3.40. The van der Waals surface area contributed by atoms with Crippen LogP contribution < -0.4 is 10.6 Å². The second-order valence-corrected chi connectivity index (χ2v) is 6.34. The van der Waals surface area contributed by atoms with Crippen LogP contribution in [0.3, 0.4) is 0 Å². The Morgan fingerprint density at radius 2 is 1.96 bits per heavy atom. The number of aromatic nitrogens is 2. The van der Waals surface area contributed by atoms with Crippen molar-refractivity contribution in [1.82, 2.24) is 20.8 Å². The Kier molecular flexibility index (Phi) is 6.02. The number of carbonyl (C=O) groups excluding carboxylic acids is 1. The Hall–Kier alpha value is -1.85. The van der Waals surface area contributed by atoms with Gasteiger partial charge in [0.15, 0.2) is 5.69 Å². The van der Waals surface area contributed by atoms with Gasteiger partial charge in [0.2, 0.25) is 0 Å². The zero-order valence-corrected chi connectivity index (χ0v) is 15.3. The van der Waals surface area contributed by atoms with Gasteiger partial charge in [-0.05, 0) is 43.9 Å². The van der Waals surface area contributed by atoms with Crippen LogP contribution in [-0.4, -0.2) is 29.2 Å². The first kappa shape index (κ1) is 18.5. The molecule has 24 heavy (non-hydrogen) atoms. The van der Waals surface area contributed by atoms with Crippen LogP contribution in [-0.2, 0) is 19.4 Å². The molecule has 5 nitrogen and oxygen atoms in total. The van der Waals surface area contributed by atoms with Crippen LogP contribution in [0.5, 0.6) is 0 Å². The summed E-state index contributed by atoms with van der Waals surface area (Å²) in [6.07, 6.45) is 1.74. The van der Waals surface area contributed by atoms with Crippen molar-refractivity contribution in [3.05, 3.63) is 51.3 Å². The molecule has 130 valence electrons. The van der Waals surface area contributed by atoms with E-state index in [1.54, 1.807) is 0 Å². The predicted molar refractivity (Wildman–Crippen MR) is 97.9 cm³/mol. The van der Waals surface area contributed by atoms with Gasteiger partial charge in [-0.3, -0.25) is 9.89 Å². The number of H-pyrrole nitrogens is 1. The van der Waals surface area contributed by atoms with Gasteiger partial charge in [-0.1, -0.05) is 17.7 Å². The summed E-state index contributed by atoms with van der Waals surface area (Å²) in [5.41, 5.74) is 7.81. The average molecular weight is 349 g/mol. The zero-order chi connectivity index (χ0) is 16.4. The Morgan fingerprint density at radius 3 is 2.67 bits per heavy atom. The Labute approximate surface area is 149 Å². The van der Waals surface area contributed by atoms with Crippen molar-refractivity contribution in [1.29, 1.82) is 0 Å². The van der Waals surface area contributed by atoms with Crippen LogP contribution in [0.15, 0.2) is 12.1 Å². The molecule has 0 saturated carbocycles. The van der Waals surface area contributed by atoms with Gasteiger partial charge in [0.25, 0.3) is 5.91 Å². The number of amides is 1. The molecule has 0 atom stereocenters. The Morgan fingerprint density at radius 1 is 1.25 bits per heavy atom. The molecule has 2 aromatic rings. The van der Waals surface area contributed by atoms with Crippen LogP contribution in [0, 0.1) is 20.8 Å². The quantitative estimate of drug-likeness (QED) is 0.794. The molecular formula is C18H25ClN4O. The summed E-state index contributed by atoms with van der Waals surface area (Å²) >= 11 is 0. The normalized spacial score (nSPS) is 13.1. The molecule has 0 bridgehead atoms. The van der Waals surface area contributed by atoms with Crippen LogP contribution in [0.1, 0.15) is 44.0 Å². The summed E-state index contributed by atoms with van der Waals surface area (Å²) < 4.78 is 0. The molecule has 1 amide bonds. The topological polar surface area (TPSA) is 69.8 Å². The number of nitrogens with one attached hydrogen (secondary N) is 3. The lowest BCUT2D eigenvalue weighted by Gasteiger charge is -2.14. The summed E-state index contributed by atoms with van der Waals surface area (Å²) in [4.78, 5) is 12.4. The first-order valence-electron chi connectivity index (χ1n) is 8.18. The molecule has 1 aromatic carbocycles. The summed E-state index contributed by atoms with van der Waals surface area (Å²) in [5, 5.41) is 13.5. The van der Waals surface area contributed by atoms with E-state index >= 15 is 0 Å². The molecule has 0 fully saturated rings. The van der Waals surface area contributed by atoms with E-state index in [0.29, 0.717) is 18.8 Å². The fourth-order valence-corrected chi connectivity index (χ4v) is 3.40. The minimum Gasteiger partial charge on any atom is -0.350 e. The third kappa shape index (κ3) is 3.79. The largest absolute Gasteiger partial charge is 0.350 e. The highest BCUT2D eigenvalue weighted by Gasteiger charge is 2.21. The highest BCUT2D eigenvalue weighted by Crippen LogP contribution is 2.17. The van der Waals surface area contributed by atoms with E-state index in [2.05, 4.69) is 53.7 Å². The highest BCUT2D eigenvalue weighted by molar-refractivity contribution is 5.94. The van der Waals surface area contributed by atoms with Gasteiger partial charge in [0.05, 0.1) is 0 Å². The standard InChI is InChI=1S/C18H24N4O.ClH/c1-11-8-12(2)14(13(3)9-11)4-7-20-18(23)17-15-10-19-6-5-16(15)21-22-17;/h8-9,19H,4-7,10H2,1-3H3,(H,20,23)(H,21,22);1H. The summed E-state index contributed by atoms with van der Waals surface area (Å²) in [6.45, 7) is 8.64. The minimum atomic E-state index is -0.0892. The second-order valence-electron chi connectivity index (χ2n) is 6.34. The number of carbonyl (C=O) groups is 1. The van der Waals surface area contributed by atoms with Crippen molar-refractivity contribution in [2.75, 3.05) is 13.1 Å². The van der Waals surface area contributed by atoms with Gasteiger partial charge >= 0.3 is 0 Å². The van der Waals surface area contributed by atoms with Crippen molar-refractivity contribution >= 4 is 18.3 Å². The van der Waals surface area contributed by atoms with E-state index in [1.807, 2.05) is 0 Å². The lowest BCUT2D eigenvalue weighted by Crippen LogP contribution is -2.29. The number of rotatable bonds is 4. The molecule has 0 unspecified atom stereocenters. The lowest BCUT2D eigenvalue weighted by atomic mass is 9.97. The molecule has 0 radical (unpaired) electrons. The average Bonchev–Trinajstić information content (AvgIpc) is 2.93. The molecule has 3 rings (SSSR count). The third-order valence-electron chi connectivity index (χ3n) is 4.52. The van der Waals surface area contributed by atoms with E-state index in [4.69, 9.17) is 0 Å². The number of hydrogen-bond donors (Lipinski definition) is 3. The molecule has 3 N–H and O–H groups in total. The maximum atomic E-state index is 12.4. The number of benzene rings is 1. The van der Waals surface area contributed by atoms with E-state index in [9.17, 15) is 4.79 Å². The van der Waals surface area contributed by atoms with Crippen molar-refractivity contribution < 1.29 is 4.79 Å². The predicted octanol–water partition coefficient (Wildman–Crippen LogP) is 2.37. The summed E-state index contributed by atoms with van der Waals surface area (Å²) in [5.74, 6) is -0.0892. The zero-order valence-electron chi connectivity index (χ0n) is 14.5. The van der Waals surface area contributed by atoms with E-state index in [0.717, 1.165) is 30.6 Å². The van der Waals surface area contributed by atoms with Gasteiger partial charge in [0.1, 0.15) is 0 Å². The number of hydrogen-bond acceptors (Lipinski definition) is 3. The number of fused-ring (bicyclic) bond motifs is 1. The monoisotopic (exact) mass is 348 g/mol. The lowest BCUT2D eigenvalue weighted by molar-refractivity contribution is 0.0948. The molecule has 0 spiro atoms. The summed E-state index contributed by atoms with van der Waals surface area (Å²) in [6, 6.07) is 4.39. The molecule has 1 aliphatic rings. The number of halogens is 1. The molecule has 2 heterocycles. The van der Waals surface area contributed by atoms with Gasteiger partial charge in [-0.15, -0.1) is 12.4 Å². The van der Waals surface area contributed by atoms with E-state index < -0.39 is 0 Å². The molecule has 1 aromatic heterocycles. The Bertz CT molecular complexity index is 716. The van der Waals surface area contributed by atoms with Crippen LogP contribution in [0.25, 0.3) is 0 Å². The van der Waals surface area contributed by atoms with Gasteiger partial charge in [-0.2, -0.15) is 5.10 Å². The van der Waals surface area contributed by atoms with Crippen LogP contribution in [0.2, 0.25) is 0 Å². The van der Waals surface area contributed by atoms with Crippen molar-refractivity contribution in [3.8, 4) is 0 Å². The molecule has 1 aliphatic heterocycles. The van der Waals surface area contributed by atoms with Gasteiger partial charge in [-0.25, -0.2) is 0 Å². The second kappa shape index (κ2) is 7.81. The number of aromatic amines is 1. The smallest absolute Gasteiger partial charge is 0.272 e. The SMILES string of the molecule is Cc1cc(C)c(CCNC(=O)c2n[nH]c3c2CNCC3)c(C)c1.Cl. The maximum Gasteiger partial charge on any atom is 0.272 e. The first-order chi connectivity index (χ1) is 11.1. The van der Waals surface area contributed by atoms with Gasteiger partial charge < -0.3 is 10.6 Å². The highest BCUT2D eigenvalue weighted by atomic mass is 35.5. The van der Waals surface area contributed by atoms with Gasteiger partial charge in [0, 0.05) is 37.3 Å². The first-order valence-corrected chi connectivity index (χ1v) is 8.18. The van der Waals surface area contributed by atoms with Crippen LogP contribution in [0.4, 0.5) is 0 Å². The Balaban J connectivity index is 0.00000208. The van der Waals surface area contributed by atoms with Crippen molar-refractivity contribution in [2.24, 2.45) is 0 Å². The van der Waals surface area contributed by atoms with E-state index in [1.165, 1.54) is 22.3 Å². The molecule has 0 saturated heterocycles. The molecule has 0 aliphatic carbocycles. The third-order valence-corrected chi connectivity index (χ3v) is 4.52. The number of aryl methyl sites for hydroxylation is 3. The molecular weight excluding hydrogens is 324 g/mol. The maximum absolute atomic E-state index is 12.4. The fraction of sp³-hybridized carbons (Fsp3) is 0.444. The van der Waals surface area contributed by atoms with Crippen molar-refractivity contribution in [3.63, 3.8) is 0 Å². The van der Waals surface area contributed by atoms with Crippen molar-refractivity contribution in [2.45, 2.75) is 40.2 Å². The molecule has 6 heteroatoms. The number of nitrogens with zero attached hydrogens (tertiary/aromatic N) is 1. The minimum absolute atomic E-state index is 0. The summed E-state index contributed by atoms with van der Waals surface area (Å²) in [7, 11) is 0. The van der Waals surface area contributed by atoms with E-state index in [-0.39, 0.29) is 18.3 Å². The van der Waals surface area contributed by atoms with Crippen LogP contribution >= 0.6 is 12.4 Å².